The largest absolute Gasteiger partial charge is 0.453 e. The average molecular weight is 564 g/mol. The van der Waals surface area contributed by atoms with E-state index in [1.165, 1.54) is 0 Å². The van der Waals surface area contributed by atoms with Gasteiger partial charge in [0.05, 0.1) is 12.0 Å². The van der Waals surface area contributed by atoms with E-state index in [1.807, 2.05) is 6.07 Å². The van der Waals surface area contributed by atoms with Crippen LogP contribution in [0.5, 0.6) is 0 Å². The molecule has 0 aliphatic carbocycles. The number of hydrogen-bond acceptors (Lipinski definition) is 8. The number of aliphatic hydroxyl groups excluding tert-OH is 1. The Labute approximate surface area is 240 Å². The minimum absolute atomic E-state index is 0.00249. The molecular weight excluding hydrogens is 526 g/mol. The summed E-state index contributed by atoms with van der Waals surface area (Å²) in [5.41, 5.74) is 1.41. The Morgan fingerprint density at radius 2 is 1.59 bits per heavy atom. The first-order chi connectivity index (χ1) is 19.7. The Hall–Kier alpha value is -4.11. The normalized spacial score (nSPS) is 18.1. The zero-order valence-electron chi connectivity index (χ0n) is 23.4. The summed E-state index contributed by atoms with van der Waals surface area (Å²) in [5.74, 6) is -3.76. The van der Waals surface area contributed by atoms with Gasteiger partial charge in [0, 0.05) is 20.0 Å². The standard InChI is InChI=1S/C32H37NO8/c1-22-29(25-15-9-6-10-16-25)41-32(39)33(22)31(38)27(21-24-13-7-5-8-14-24)30(40-23(2)35)28(37)19-18-26(36)17-11-3-4-12-20-34/h5-10,13-16,18-19,22,27,29-30,34H,3-4,11-12,17,20-21H2,1-2H3/t22-,27-,29-,30-/m0/s1. The molecule has 0 spiro atoms. The average Bonchev–Trinajstić information content (AvgIpc) is 3.27. The van der Waals surface area contributed by atoms with Crippen LogP contribution in [0.3, 0.4) is 0 Å². The Morgan fingerprint density at radius 3 is 2.22 bits per heavy atom. The minimum atomic E-state index is -1.57. The summed E-state index contributed by atoms with van der Waals surface area (Å²) >= 11 is 0. The van der Waals surface area contributed by atoms with Crippen LogP contribution >= 0.6 is 0 Å². The van der Waals surface area contributed by atoms with Crippen molar-refractivity contribution >= 4 is 29.5 Å². The number of ether oxygens (including phenoxy) is 2. The number of cyclic esters (lactones) is 1. The van der Waals surface area contributed by atoms with Crippen LogP contribution < -0.4 is 0 Å². The van der Waals surface area contributed by atoms with Crippen LogP contribution in [0.25, 0.3) is 0 Å². The third-order valence-corrected chi connectivity index (χ3v) is 6.95. The maximum atomic E-state index is 14.0. The summed E-state index contributed by atoms with van der Waals surface area (Å²) in [6, 6.07) is 17.2. The molecule has 1 saturated heterocycles. The van der Waals surface area contributed by atoms with Gasteiger partial charge in [-0.1, -0.05) is 73.5 Å². The van der Waals surface area contributed by atoms with Gasteiger partial charge in [-0.2, -0.15) is 0 Å². The van der Waals surface area contributed by atoms with Crippen molar-refractivity contribution in [3.63, 3.8) is 0 Å². The van der Waals surface area contributed by atoms with Crippen molar-refractivity contribution in [1.82, 2.24) is 4.90 Å². The third-order valence-electron chi connectivity index (χ3n) is 6.95. The Balaban J connectivity index is 1.86. The van der Waals surface area contributed by atoms with E-state index in [1.54, 1.807) is 61.5 Å². The maximum Gasteiger partial charge on any atom is 0.417 e. The molecule has 0 unspecified atom stereocenters. The highest BCUT2D eigenvalue weighted by Crippen LogP contribution is 2.34. The predicted molar refractivity (Wildman–Crippen MR) is 150 cm³/mol. The quantitative estimate of drug-likeness (QED) is 0.190. The fourth-order valence-corrected chi connectivity index (χ4v) is 4.85. The second-order valence-electron chi connectivity index (χ2n) is 10.1. The number of nitrogens with zero attached hydrogens (tertiary/aromatic N) is 1. The van der Waals surface area contributed by atoms with Gasteiger partial charge in [-0.25, -0.2) is 9.69 Å². The van der Waals surface area contributed by atoms with Crippen LogP contribution in [0, 0.1) is 5.92 Å². The number of esters is 1. The molecule has 41 heavy (non-hydrogen) atoms. The van der Waals surface area contributed by atoms with Gasteiger partial charge in [-0.05, 0) is 49.5 Å². The Bertz CT molecular complexity index is 1230. The molecule has 218 valence electrons. The highest BCUT2D eigenvalue weighted by molar-refractivity contribution is 6.04. The van der Waals surface area contributed by atoms with Crippen LogP contribution in [0.2, 0.25) is 0 Å². The molecule has 9 nitrogen and oxygen atoms in total. The first-order valence-electron chi connectivity index (χ1n) is 13.9. The van der Waals surface area contributed by atoms with Crippen LogP contribution in [0.15, 0.2) is 72.8 Å². The highest BCUT2D eigenvalue weighted by atomic mass is 16.6. The van der Waals surface area contributed by atoms with Gasteiger partial charge in [0.1, 0.15) is 6.10 Å². The van der Waals surface area contributed by atoms with Crippen molar-refractivity contribution < 1.29 is 38.6 Å². The van der Waals surface area contributed by atoms with Crippen LogP contribution in [-0.2, 0) is 35.1 Å². The van der Waals surface area contributed by atoms with Crippen molar-refractivity contribution in [2.45, 2.75) is 70.6 Å². The molecule has 0 saturated carbocycles. The smallest absolute Gasteiger partial charge is 0.417 e. The molecule has 1 aliphatic rings. The molecule has 4 atom stereocenters. The monoisotopic (exact) mass is 563 g/mol. The van der Waals surface area contributed by atoms with Crippen LogP contribution in [0.1, 0.15) is 63.2 Å². The zero-order valence-corrected chi connectivity index (χ0v) is 23.4. The lowest BCUT2D eigenvalue weighted by Gasteiger charge is -2.28. The first kappa shape index (κ1) is 31.4. The Kier molecular flexibility index (Phi) is 12.0. The van der Waals surface area contributed by atoms with Gasteiger partial charge in [-0.15, -0.1) is 0 Å². The van der Waals surface area contributed by atoms with E-state index in [0.717, 1.165) is 36.8 Å². The van der Waals surface area contributed by atoms with E-state index < -0.39 is 47.9 Å². The van der Waals surface area contributed by atoms with Gasteiger partial charge in [0.2, 0.25) is 5.91 Å². The maximum absolute atomic E-state index is 14.0. The minimum Gasteiger partial charge on any atom is -0.453 e. The summed E-state index contributed by atoms with van der Waals surface area (Å²) in [4.78, 5) is 65.8. The van der Waals surface area contributed by atoms with Crippen LogP contribution in [0.4, 0.5) is 4.79 Å². The number of hydrogen-bond donors (Lipinski definition) is 1. The lowest BCUT2D eigenvalue weighted by Crippen LogP contribution is -2.48. The zero-order chi connectivity index (χ0) is 29.8. The summed E-state index contributed by atoms with van der Waals surface area (Å²) in [6.07, 6.45) is 2.11. The van der Waals surface area contributed by atoms with E-state index in [2.05, 4.69) is 0 Å². The molecule has 0 bridgehead atoms. The van der Waals surface area contributed by atoms with Gasteiger partial charge >= 0.3 is 12.1 Å². The summed E-state index contributed by atoms with van der Waals surface area (Å²) in [6.45, 7) is 2.91. The van der Waals surface area contributed by atoms with Gasteiger partial charge in [0.25, 0.3) is 0 Å². The fraction of sp³-hybridized carbons (Fsp3) is 0.406. The molecule has 2 aromatic rings. The summed E-state index contributed by atoms with van der Waals surface area (Å²) in [7, 11) is 0. The van der Waals surface area contributed by atoms with E-state index in [0.29, 0.717) is 24.0 Å². The Morgan fingerprint density at radius 1 is 0.951 bits per heavy atom. The van der Waals surface area contributed by atoms with Crippen molar-refractivity contribution in [3.05, 3.63) is 83.9 Å². The molecular formula is C32H37NO8. The molecule has 9 heteroatoms. The summed E-state index contributed by atoms with van der Waals surface area (Å²) < 4.78 is 10.9. The first-order valence-corrected chi connectivity index (χ1v) is 13.9. The van der Waals surface area contributed by atoms with E-state index in [4.69, 9.17) is 14.6 Å². The molecule has 1 N–H and O–H groups in total. The van der Waals surface area contributed by atoms with Crippen molar-refractivity contribution in [2.24, 2.45) is 5.92 Å². The van der Waals surface area contributed by atoms with E-state index in [9.17, 15) is 24.0 Å². The fourth-order valence-electron chi connectivity index (χ4n) is 4.85. The lowest BCUT2D eigenvalue weighted by molar-refractivity contribution is -0.158. The number of imide groups is 1. The SMILES string of the molecule is CC(=O)O[C@H](C(=O)C=CC(=O)CCCCCCO)[C@H](Cc1ccccc1)C(=O)N1C(=O)O[C@H](c2ccccc2)[C@@H]1C. The number of aliphatic hydroxyl groups is 1. The number of carbonyl (C=O) groups excluding carboxylic acids is 5. The van der Waals surface area contributed by atoms with E-state index >= 15 is 0 Å². The van der Waals surface area contributed by atoms with Crippen LogP contribution in [-0.4, -0.2) is 58.3 Å². The molecule has 2 amide bonds. The molecule has 1 fully saturated rings. The number of rotatable bonds is 15. The molecule has 0 aromatic heterocycles. The summed E-state index contributed by atoms with van der Waals surface area (Å²) in [5, 5.41) is 8.87. The predicted octanol–water partition coefficient (Wildman–Crippen LogP) is 4.52. The number of allylic oxidation sites excluding steroid dienone is 1. The highest BCUT2D eigenvalue weighted by Gasteiger charge is 2.48. The van der Waals surface area contributed by atoms with Crippen molar-refractivity contribution in [3.8, 4) is 0 Å². The molecule has 0 radical (unpaired) electrons. The number of carbonyl (C=O) groups is 5. The van der Waals surface area contributed by atoms with Gasteiger partial charge in [-0.3, -0.25) is 19.2 Å². The number of unbranched alkanes of at least 4 members (excludes halogenated alkanes) is 3. The third kappa shape index (κ3) is 8.94. The van der Waals surface area contributed by atoms with Gasteiger partial charge < -0.3 is 14.6 Å². The molecule has 1 aliphatic heterocycles. The van der Waals surface area contributed by atoms with Crippen molar-refractivity contribution in [2.75, 3.05) is 6.61 Å². The topological polar surface area (TPSA) is 127 Å². The van der Waals surface area contributed by atoms with Gasteiger partial charge in [0.15, 0.2) is 17.7 Å². The molecule has 1 heterocycles. The second-order valence-corrected chi connectivity index (χ2v) is 10.1. The second kappa shape index (κ2) is 15.6. The molecule has 3 rings (SSSR count). The van der Waals surface area contributed by atoms with E-state index in [-0.39, 0.29) is 25.2 Å². The lowest BCUT2D eigenvalue weighted by atomic mass is 9.89. The number of amides is 2. The van der Waals surface area contributed by atoms with Crippen molar-refractivity contribution in [1.29, 1.82) is 0 Å². The molecule has 2 aromatic carbocycles. The number of ketones is 2. The number of benzene rings is 2.